The summed E-state index contributed by atoms with van der Waals surface area (Å²) in [6.45, 7) is 1.66. The molecule has 0 spiro atoms. The number of fused-ring (bicyclic) bond motifs is 2. The number of carbonyl (C=O) groups is 2. The molecule has 1 aromatic carbocycles. The molecule has 2 aliphatic carbocycles. The Balaban J connectivity index is 1.48. The van der Waals surface area contributed by atoms with Crippen LogP contribution in [0.3, 0.4) is 0 Å². The van der Waals surface area contributed by atoms with Crippen molar-refractivity contribution in [2.45, 2.75) is 38.6 Å². The maximum atomic E-state index is 12.0. The molecular weight excluding hydrogens is 330 g/mol. The van der Waals surface area contributed by atoms with Crippen LogP contribution >= 0.6 is 11.6 Å². The summed E-state index contributed by atoms with van der Waals surface area (Å²) in [7, 11) is 0. The van der Waals surface area contributed by atoms with Gasteiger partial charge in [0.15, 0.2) is 6.61 Å². The van der Waals surface area contributed by atoms with E-state index in [1.807, 2.05) is 6.92 Å². The van der Waals surface area contributed by atoms with E-state index in [1.54, 1.807) is 0 Å². The van der Waals surface area contributed by atoms with Crippen LogP contribution in [0.15, 0.2) is 18.2 Å². The Hall–Kier alpha value is -1.75. The van der Waals surface area contributed by atoms with Gasteiger partial charge < -0.3 is 15.2 Å². The van der Waals surface area contributed by atoms with Crippen molar-refractivity contribution < 1.29 is 19.4 Å². The first-order valence-electron chi connectivity index (χ1n) is 8.39. The second-order valence-corrected chi connectivity index (χ2v) is 7.37. The van der Waals surface area contributed by atoms with Gasteiger partial charge in [-0.1, -0.05) is 18.0 Å². The van der Waals surface area contributed by atoms with Crippen molar-refractivity contribution >= 4 is 23.5 Å². The van der Waals surface area contributed by atoms with Gasteiger partial charge in [0, 0.05) is 11.1 Å². The summed E-state index contributed by atoms with van der Waals surface area (Å²) in [6, 6.07) is 4.19. The van der Waals surface area contributed by atoms with Crippen LogP contribution in [0.25, 0.3) is 0 Å². The molecule has 6 heteroatoms. The standard InChI is InChI=1S/C18H22ClNO4/c1-10(14-7-11-2-3-12(14)6-11)20-17(22)9-24-18(23)15-8-13(19)4-5-16(15)21/h4-5,8,10-12,14,21H,2-3,6-7,9H2,1H3,(H,20,22)/t10-,11+,12-,14+/m0/s1. The van der Waals surface area contributed by atoms with Crippen LogP contribution in [-0.4, -0.2) is 29.6 Å². The molecule has 1 aromatic rings. The molecule has 130 valence electrons. The number of phenolic OH excluding ortho intramolecular Hbond substituents is 1. The van der Waals surface area contributed by atoms with Gasteiger partial charge in [-0.3, -0.25) is 4.79 Å². The van der Waals surface area contributed by atoms with Gasteiger partial charge in [0.05, 0.1) is 0 Å². The molecule has 0 aliphatic heterocycles. The van der Waals surface area contributed by atoms with Crippen LogP contribution in [0.2, 0.25) is 5.02 Å². The molecule has 3 rings (SSSR count). The van der Waals surface area contributed by atoms with Gasteiger partial charge in [-0.05, 0) is 62.1 Å². The minimum Gasteiger partial charge on any atom is -0.507 e. The highest BCUT2D eigenvalue weighted by Crippen LogP contribution is 2.49. The molecule has 2 N–H and O–H groups in total. The Kier molecular flexibility index (Phi) is 4.99. The predicted octanol–water partition coefficient (Wildman–Crippen LogP) is 3.14. The second-order valence-electron chi connectivity index (χ2n) is 6.93. The zero-order chi connectivity index (χ0) is 17.3. The molecule has 2 saturated carbocycles. The second kappa shape index (κ2) is 7.01. The fourth-order valence-electron chi connectivity index (χ4n) is 4.19. The van der Waals surface area contributed by atoms with E-state index >= 15 is 0 Å². The van der Waals surface area contributed by atoms with Crippen molar-refractivity contribution in [1.82, 2.24) is 5.32 Å². The number of amides is 1. The molecule has 4 atom stereocenters. The van der Waals surface area contributed by atoms with Crippen molar-refractivity contribution in [3.05, 3.63) is 28.8 Å². The average molecular weight is 352 g/mol. The van der Waals surface area contributed by atoms with Crippen molar-refractivity contribution in [3.63, 3.8) is 0 Å². The summed E-state index contributed by atoms with van der Waals surface area (Å²) in [4.78, 5) is 24.0. The van der Waals surface area contributed by atoms with E-state index in [9.17, 15) is 14.7 Å². The number of nitrogens with one attached hydrogen (secondary N) is 1. The van der Waals surface area contributed by atoms with E-state index < -0.39 is 5.97 Å². The maximum Gasteiger partial charge on any atom is 0.342 e. The van der Waals surface area contributed by atoms with Gasteiger partial charge in [-0.2, -0.15) is 0 Å². The van der Waals surface area contributed by atoms with Gasteiger partial charge in [0.25, 0.3) is 5.91 Å². The van der Waals surface area contributed by atoms with Crippen LogP contribution in [0, 0.1) is 17.8 Å². The quantitative estimate of drug-likeness (QED) is 0.799. The molecule has 0 radical (unpaired) electrons. The van der Waals surface area contributed by atoms with Crippen molar-refractivity contribution in [1.29, 1.82) is 0 Å². The van der Waals surface area contributed by atoms with Gasteiger partial charge in [0.2, 0.25) is 0 Å². The zero-order valence-corrected chi connectivity index (χ0v) is 14.4. The average Bonchev–Trinajstić information content (AvgIpc) is 3.18. The normalized spacial score (nSPS) is 26.2. The van der Waals surface area contributed by atoms with E-state index in [0.717, 1.165) is 11.8 Å². The molecule has 24 heavy (non-hydrogen) atoms. The molecule has 5 nitrogen and oxygen atoms in total. The molecule has 2 bridgehead atoms. The van der Waals surface area contributed by atoms with Crippen LogP contribution in [-0.2, 0) is 9.53 Å². The fraction of sp³-hybridized carbons (Fsp3) is 0.556. The van der Waals surface area contributed by atoms with E-state index in [1.165, 1.54) is 43.9 Å². The Morgan fingerprint density at radius 2 is 2.17 bits per heavy atom. The van der Waals surface area contributed by atoms with Crippen LogP contribution < -0.4 is 5.32 Å². The highest BCUT2D eigenvalue weighted by atomic mass is 35.5. The van der Waals surface area contributed by atoms with Gasteiger partial charge in [-0.25, -0.2) is 4.79 Å². The number of hydrogen-bond acceptors (Lipinski definition) is 4. The number of aromatic hydroxyl groups is 1. The Labute approximate surface area is 146 Å². The maximum absolute atomic E-state index is 12.0. The van der Waals surface area contributed by atoms with E-state index in [0.29, 0.717) is 10.9 Å². The Morgan fingerprint density at radius 1 is 1.38 bits per heavy atom. The van der Waals surface area contributed by atoms with E-state index in [-0.39, 0.29) is 29.9 Å². The molecule has 1 amide bonds. The summed E-state index contributed by atoms with van der Waals surface area (Å²) in [5.41, 5.74) is -0.0450. The molecule has 0 aromatic heterocycles. The molecular formula is C18H22ClNO4. The number of halogens is 1. The first kappa shape index (κ1) is 17.1. The summed E-state index contributed by atoms with van der Waals surface area (Å²) in [5.74, 6) is 0.762. The molecule has 0 heterocycles. The summed E-state index contributed by atoms with van der Waals surface area (Å²) in [5, 5.41) is 12.9. The largest absolute Gasteiger partial charge is 0.507 e. The van der Waals surface area contributed by atoms with Crippen LogP contribution in [0.1, 0.15) is 43.0 Å². The summed E-state index contributed by atoms with van der Waals surface area (Å²) in [6.07, 6.45) is 5.05. The minimum atomic E-state index is -0.766. The molecule has 0 unspecified atom stereocenters. The lowest BCUT2D eigenvalue weighted by molar-refractivity contribution is -0.125. The third-order valence-electron chi connectivity index (χ3n) is 5.34. The number of rotatable bonds is 5. The molecule has 2 aliphatic rings. The Bertz CT molecular complexity index is 648. The Morgan fingerprint density at radius 3 is 2.83 bits per heavy atom. The first-order chi connectivity index (χ1) is 11.4. The number of benzene rings is 1. The lowest BCUT2D eigenvalue weighted by Crippen LogP contribution is -2.42. The lowest BCUT2D eigenvalue weighted by atomic mass is 9.84. The molecule has 0 saturated heterocycles. The third-order valence-corrected chi connectivity index (χ3v) is 5.57. The number of hydrogen-bond donors (Lipinski definition) is 2. The lowest BCUT2D eigenvalue weighted by Gasteiger charge is -2.28. The predicted molar refractivity (Wildman–Crippen MR) is 89.9 cm³/mol. The number of esters is 1. The zero-order valence-electron chi connectivity index (χ0n) is 13.6. The summed E-state index contributed by atoms with van der Waals surface area (Å²) < 4.78 is 4.98. The van der Waals surface area contributed by atoms with E-state index in [2.05, 4.69) is 5.32 Å². The van der Waals surface area contributed by atoms with Crippen LogP contribution in [0.4, 0.5) is 0 Å². The number of carbonyl (C=O) groups excluding carboxylic acids is 2. The van der Waals surface area contributed by atoms with Crippen LogP contribution in [0.5, 0.6) is 5.75 Å². The first-order valence-corrected chi connectivity index (χ1v) is 8.77. The highest BCUT2D eigenvalue weighted by Gasteiger charge is 2.42. The molecule has 2 fully saturated rings. The smallest absolute Gasteiger partial charge is 0.342 e. The SMILES string of the molecule is C[C@H](NC(=O)COC(=O)c1cc(Cl)ccc1O)[C@H]1C[C@@H]2CC[C@H]1C2. The van der Waals surface area contributed by atoms with E-state index in [4.69, 9.17) is 16.3 Å². The van der Waals surface area contributed by atoms with Gasteiger partial charge in [-0.15, -0.1) is 0 Å². The fourth-order valence-corrected chi connectivity index (χ4v) is 4.36. The monoisotopic (exact) mass is 351 g/mol. The summed E-state index contributed by atoms with van der Waals surface area (Å²) >= 11 is 5.80. The van der Waals surface area contributed by atoms with Gasteiger partial charge in [0.1, 0.15) is 11.3 Å². The number of ether oxygens (including phenoxy) is 1. The van der Waals surface area contributed by atoms with Gasteiger partial charge >= 0.3 is 5.97 Å². The highest BCUT2D eigenvalue weighted by molar-refractivity contribution is 6.31. The van der Waals surface area contributed by atoms with Crippen molar-refractivity contribution in [2.24, 2.45) is 17.8 Å². The number of phenols is 1. The van der Waals surface area contributed by atoms with Crippen molar-refractivity contribution in [3.8, 4) is 5.75 Å². The van der Waals surface area contributed by atoms with Crippen molar-refractivity contribution in [2.75, 3.05) is 6.61 Å². The minimum absolute atomic E-state index is 0.0450. The topological polar surface area (TPSA) is 75.6 Å². The third kappa shape index (κ3) is 3.66.